The van der Waals surface area contributed by atoms with Crippen LogP contribution in [0.25, 0.3) is 0 Å². The van der Waals surface area contributed by atoms with E-state index in [2.05, 4.69) is 4.74 Å². The van der Waals surface area contributed by atoms with Gasteiger partial charge in [-0.15, -0.1) is 0 Å². The van der Waals surface area contributed by atoms with E-state index in [1.54, 1.807) is 18.2 Å². The molecule has 0 amide bonds. The molecule has 2 aromatic carbocycles. The lowest BCUT2D eigenvalue weighted by Gasteiger charge is -2.10. The Labute approximate surface area is 118 Å². The molecule has 0 spiro atoms. The molecule has 4 nitrogen and oxygen atoms in total. The molecule has 0 heterocycles. The lowest BCUT2D eigenvalue weighted by atomic mass is 10.1. The molecule has 0 radical (unpaired) electrons. The fourth-order valence-electron chi connectivity index (χ4n) is 1.75. The number of nitrogens with two attached hydrogens (primary N) is 1. The molecule has 0 saturated heterocycles. The quantitative estimate of drug-likeness (QED) is 0.686. The van der Waals surface area contributed by atoms with Crippen molar-refractivity contribution in [3.63, 3.8) is 0 Å². The smallest absolute Gasteiger partial charge is 0.337 e. The van der Waals surface area contributed by atoms with Crippen molar-refractivity contribution in [3.8, 4) is 5.75 Å². The fraction of sp³-hybridized carbons (Fsp3) is 0.188. The Morgan fingerprint density at radius 3 is 2.50 bits per heavy atom. The highest BCUT2D eigenvalue weighted by Gasteiger charge is 2.09. The molecule has 0 aliphatic rings. The van der Waals surface area contributed by atoms with Crippen LogP contribution in [0.5, 0.6) is 5.75 Å². The summed E-state index contributed by atoms with van der Waals surface area (Å²) in [6.07, 6.45) is 0. The molecule has 0 aliphatic heterocycles. The Kier molecular flexibility index (Phi) is 4.25. The molecular weight excluding hydrogens is 254 g/mol. The number of methoxy groups -OCH3 is 1. The van der Waals surface area contributed by atoms with E-state index in [0.29, 0.717) is 23.6 Å². The first-order valence-electron chi connectivity index (χ1n) is 6.26. The zero-order valence-electron chi connectivity index (χ0n) is 11.6. The van der Waals surface area contributed by atoms with E-state index < -0.39 is 5.97 Å². The SMILES string of the molecule is COC(=O)c1ccc(N)c(OCc2ccc(C)cc2)c1. The molecule has 0 unspecified atom stereocenters. The maximum atomic E-state index is 11.5. The Morgan fingerprint density at radius 2 is 1.85 bits per heavy atom. The van der Waals surface area contributed by atoms with Gasteiger partial charge in [0.1, 0.15) is 12.4 Å². The number of carbonyl (C=O) groups excluding carboxylic acids is 1. The first-order chi connectivity index (χ1) is 9.60. The Hall–Kier alpha value is -2.49. The van der Waals surface area contributed by atoms with E-state index in [1.807, 2.05) is 31.2 Å². The third-order valence-electron chi connectivity index (χ3n) is 2.95. The van der Waals surface area contributed by atoms with Gasteiger partial charge in [-0.3, -0.25) is 0 Å². The second kappa shape index (κ2) is 6.10. The number of benzene rings is 2. The Morgan fingerprint density at radius 1 is 1.15 bits per heavy atom. The van der Waals surface area contributed by atoms with E-state index in [-0.39, 0.29) is 0 Å². The van der Waals surface area contributed by atoms with E-state index in [0.717, 1.165) is 5.56 Å². The first kappa shape index (κ1) is 13.9. The van der Waals surface area contributed by atoms with Crippen molar-refractivity contribution in [2.24, 2.45) is 0 Å². The van der Waals surface area contributed by atoms with Crippen molar-refractivity contribution in [3.05, 3.63) is 59.2 Å². The molecule has 4 heteroatoms. The zero-order chi connectivity index (χ0) is 14.5. The summed E-state index contributed by atoms with van der Waals surface area (Å²) in [5.41, 5.74) is 8.99. The number of nitrogen functional groups attached to an aromatic ring is 1. The van der Waals surface area contributed by atoms with Crippen LogP contribution in [0.1, 0.15) is 21.5 Å². The number of rotatable bonds is 4. The maximum Gasteiger partial charge on any atom is 0.337 e. The van der Waals surface area contributed by atoms with Gasteiger partial charge < -0.3 is 15.2 Å². The molecule has 0 saturated carbocycles. The lowest BCUT2D eigenvalue weighted by molar-refractivity contribution is 0.0600. The summed E-state index contributed by atoms with van der Waals surface area (Å²) >= 11 is 0. The number of esters is 1. The minimum absolute atomic E-state index is 0.398. The van der Waals surface area contributed by atoms with Crippen LogP contribution in [0, 0.1) is 6.92 Å². The monoisotopic (exact) mass is 271 g/mol. The standard InChI is InChI=1S/C16H17NO3/c1-11-3-5-12(6-4-11)10-20-15-9-13(16(18)19-2)7-8-14(15)17/h3-9H,10,17H2,1-2H3. The molecule has 2 rings (SSSR count). The van der Waals surface area contributed by atoms with Crippen molar-refractivity contribution in [2.75, 3.05) is 12.8 Å². The summed E-state index contributed by atoms with van der Waals surface area (Å²) in [5, 5.41) is 0. The zero-order valence-corrected chi connectivity index (χ0v) is 11.6. The number of carbonyl (C=O) groups is 1. The van der Waals surface area contributed by atoms with Crippen LogP contribution in [-0.2, 0) is 11.3 Å². The van der Waals surface area contributed by atoms with Crippen LogP contribution in [0.4, 0.5) is 5.69 Å². The van der Waals surface area contributed by atoms with Gasteiger partial charge in [0, 0.05) is 0 Å². The summed E-state index contributed by atoms with van der Waals surface area (Å²) in [6.45, 7) is 2.43. The summed E-state index contributed by atoms with van der Waals surface area (Å²) in [5.74, 6) is 0.0682. The van der Waals surface area contributed by atoms with E-state index >= 15 is 0 Å². The molecular formula is C16H17NO3. The molecule has 0 atom stereocenters. The average Bonchev–Trinajstić information content (AvgIpc) is 2.47. The van der Waals surface area contributed by atoms with Gasteiger partial charge in [0.05, 0.1) is 18.4 Å². The van der Waals surface area contributed by atoms with Crippen molar-refractivity contribution >= 4 is 11.7 Å². The number of anilines is 1. The highest BCUT2D eigenvalue weighted by Crippen LogP contribution is 2.24. The van der Waals surface area contributed by atoms with Crippen molar-refractivity contribution < 1.29 is 14.3 Å². The van der Waals surface area contributed by atoms with Gasteiger partial charge in [0.2, 0.25) is 0 Å². The van der Waals surface area contributed by atoms with Crippen LogP contribution >= 0.6 is 0 Å². The molecule has 0 aromatic heterocycles. The Balaban J connectivity index is 2.12. The van der Waals surface area contributed by atoms with Gasteiger partial charge in [-0.1, -0.05) is 29.8 Å². The molecule has 0 fully saturated rings. The number of aryl methyl sites for hydroxylation is 1. The molecule has 0 bridgehead atoms. The number of hydrogen-bond acceptors (Lipinski definition) is 4. The molecule has 2 N–H and O–H groups in total. The third-order valence-corrected chi connectivity index (χ3v) is 2.95. The van der Waals surface area contributed by atoms with Gasteiger partial charge in [-0.05, 0) is 30.7 Å². The van der Waals surface area contributed by atoms with Crippen molar-refractivity contribution in [2.45, 2.75) is 13.5 Å². The second-order valence-corrected chi connectivity index (χ2v) is 4.52. The molecule has 20 heavy (non-hydrogen) atoms. The van der Waals surface area contributed by atoms with E-state index in [1.165, 1.54) is 12.7 Å². The van der Waals surface area contributed by atoms with Crippen LogP contribution in [-0.4, -0.2) is 13.1 Å². The molecule has 2 aromatic rings. The van der Waals surface area contributed by atoms with Crippen molar-refractivity contribution in [1.29, 1.82) is 0 Å². The van der Waals surface area contributed by atoms with Crippen LogP contribution < -0.4 is 10.5 Å². The predicted molar refractivity (Wildman–Crippen MR) is 77.7 cm³/mol. The van der Waals surface area contributed by atoms with Gasteiger partial charge in [0.15, 0.2) is 0 Å². The van der Waals surface area contributed by atoms with E-state index in [4.69, 9.17) is 10.5 Å². The van der Waals surface area contributed by atoms with E-state index in [9.17, 15) is 4.79 Å². The minimum Gasteiger partial charge on any atom is -0.487 e. The minimum atomic E-state index is -0.412. The number of ether oxygens (including phenoxy) is 2. The van der Waals surface area contributed by atoms with Gasteiger partial charge in [0.25, 0.3) is 0 Å². The molecule has 0 aliphatic carbocycles. The van der Waals surface area contributed by atoms with Gasteiger partial charge in [-0.25, -0.2) is 4.79 Å². The first-order valence-corrected chi connectivity index (χ1v) is 6.26. The largest absolute Gasteiger partial charge is 0.487 e. The summed E-state index contributed by atoms with van der Waals surface area (Å²) < 4.78 is 10.3. The summed E-state index contributed by atoms with van der Waals surface area (Å²) in [4.78, 5) is 11.5. The summed E-state index contributed by atoms with van der Waals surface area (Å²) in [6, 6.07) is 12.9. The topological polar surface area (TPSA) is 61.5 Å². The lowest BCUT2D eigenvalue weighted by Crippen LogP contribution is -2.04. The van der Waals surface area contributed by atoms with Crippen molar-refractivity contribution in [1.82, 2.24) is 0 Å². The summed E-state index contributed by atoms with van der Waals surface area (Å²) in [7, 11) is 1.34. The van der Waals surface area contributed by atoms with Crippen LogP contribution in [0.2, 0.25) is 0 Å². The van der Waals surface area contributed by atoms with Crippen LogP contribution in [0.3, 0.4) is 0 Å². The van der Waals surface area contributed by atoms with Crippen LogP contribution in [0.15, 0.2) is 42.5 Å². The molecule has 104 valence electrons. The fourth-order valence-corrected chi connectivity index (χ4v) is 1.75. The number of hydrogen-bond donors (Lipinski definition) is 1. The Bertz CT molecular complexity index is 606. The highest BCUT2D eigenvalue weighted by molar-refractivity contribution is 5.90. The predicted octanol–water partition coefficient (Wildman–Crippen LogP) is 2.94. The normalized spacial score (nSPS) is 10.1. The van der Waals surface area contributed by atoms with Gasteiger partial charge >= 0.3 is 5.97 Å². The second-order valence-electron chi connectivity index (χ2n) is 4.52. The highest BCUT2D eigenvalue weighted by atomic mass is 16.5. The maximum absolute atomic E-state index is 11.5. The van der Waals surface area contributed by atoms with Gasteiger partial charge in [-0.2, -0.15) is 0 Å². The average molecular weight is 271 g/mol. The third kappa shape index (κ3) is 3.29.